The van der Waals surface area contributed by atoms with Gasteiger partial charge in [-0.25, -0.2) is 9.45 Å². The van der Waals surface area contributed by atoms with Crippen molar-refractivity contribution in [1.29, 1.82) is 0 Å². The monoisotopic (exact) mass is 744 g/mol. The fourth-order valence-corrected chi connectivity index (χ4v) is 7.84. The Kier molecular flexibility index (Phi) is 12.3. The summed E-state index contributed by atoms with van der Waals surface area (Å²) in [5.41, 5.74) is 0.619. The number of nitroso groups, excluding NO2 is 1. The molecule has 0 saturated carbocycles. The molecule has 0 aromatic heterocycles. The van der Waals surface area contributed by atoms with Crippen LogP contribution in [0.2, 0.25) is 0 Å². The van der Waals surface area contributed by atoms with Crippen molar-refractivity contribution in [3.05, 3.63) is 70.9 Å². The van der Waals surface area contributed by atoms with Gasteiger partial charge in [0.2, 0.25) is 0 Å². The minimum Gasteiger partial charge on any atom is -0.394 e. The SMILES string of the molecule is CC#CC(O)(CC1OC(CO)C(OC2OC(CO)C(O)C(O)C2O)C(O)C1O)C1C=C(c2ccc(N=O)cc2)CCC1C1CON1c1ccc(F)cc1. The topological polar surface area (TPSA) is 231 Å². The quantitative estimate of drug-likeness (QED) is 0.114. The van der Waals surface area contributed by atoms with Crippen molar-refractivity contribution in [2.75, 3.05) is 24.9 Å². The first-order valence-electron chi connectivity index (χ1n) is 17.5. The van der Waals surface area contributed by atoms with Crippen LogP contribution in [0.25, 0.3) is 5.57 Å². The average molecular weight is 745 g/mol. The van der Waals surface area contributed by atoms with Gasteiger partial charge < -0.3 is 55.1 Å². The normalized spacial score (nSPS) is 37.1. The van der Waals surface area contributed by atoms with Crippen molar-refractivity contribution >= 4 is 16.9 Å². The molecule has 14 atom stereocenters. The minimum atomic E-state index is -1.91. The van der Waals surface area contributed by atoms with Gasteiger partial charge in [-0.3, -0.25) is 4.84 Å². The minimum absolute atomic E-state index is 0.253. The van der Waals surface area contributed by atoms with E-state index in [1.165, 1.54) is 12.1 Å². The van der Waals surface area contributed by atoms with E-state index in [2.05, 4.69) is 17.0 Å². The average Bonchev–Trinajstić information content (AvgIpc) is 3.15. The lowest BCUT2D eigenvalue weighted by atomic mass is 9.66. The number of aliphatic hydroxyl groups is 8. The van der Waals surface area contributed by atoms with E-state index in [0.29, 0.717) is 25.1 Å². The lowest BCUT2D eigenvalue weighted by molar-refractivity contribution is -0.343. The van der Waals surface area contributed by atoms with Crippen LogP contribution in [0.1, 0.15) is 31.7 Å². The van der Waals surface area contributed by atoms with Gasteiger partial charge in [-0.05, 0) is 78.4 Å². The molecule has 3 aliphatic heterocycles. The maximum Gasteiger partial charge on any atom is 0.187 e. The number of rotatable bonds is 11. The maximum absolute atomic E-state index is 13.8. The Balaban J connectivity index is 1.29. The Bertz CT molecular complexity index is 1650. The number of anilines is 1. The van der Waals surface area contributed by atoms with Gasteiger partial charge in [0.1, 0.15) is 65.9 Å². The molecule has 3 heterocycles. The Morgan fingerprint density at radius 3 is 2.19 bits per heavy atom. The van der Waals surface area contributed by atoms with Gasteiger partial charge in [0.15, 0.2) is 6.29 Å². The highest BCUT2D eigenvalue weighted by atomic mass is 19.1. The molecular weight excluding hydrogens is 699 g/mol. The Hall–Kier alpha value is -3.41. The molecular formula is C37H45FN2O13. The first-order valence-corrected chi connectivity index (χ1v) is 17.5. The van der Waals surface area contributed by atoms with Crippen LogP contribution in [0.15, 0.2) is 59.8 Å². The zero-order chi connectivity index (χ0) is 38.0. The zero-order valence-corrected chi connectivity index (χ0v) is 28.8. The molecule has 0 bridgehead atoms. The van der Waals surface area contributed by atoms with Crippen molar-refractivity contribution in [2.45, 2.75) is 99.1 Å². The number of hydrogen-bond acceptors (Lipinski definition) is 15. The maximum atomic E-state index is 13.8. The zero-order valence-electron chi connectivity index (χ0n) is 28.8. The molecule has 0 radical (unpaired) electrons. The van der Waals surface area contributed by atoms with Crippen LogP contribution in [0.3, 0.4) is 0 Å². The number of ether oxygens (including phenoxy) is 3. The molecule has 0 amide bonds. The molecule has 1 aliphatic carbocycles. The lowest BCUT2D eigenvalue weighted by Crippen LogP contribution is -2.65. The number of hydroxylamine groups is 1. The summed E-state index contributed by atoms with van der Waals surface area (Å²) in [7, 11) is 0. The van der Waals surface area contributed by atoms with Crippen LogP contribution in [-0.4, -0.2) is 134 Å². The Labute approximate surface area is 304 Å². The van der Waals surface area contributed by atoms with E-state index in [1.54, 1.807) is 48.4 Å². The third-order valence-corrected chi connectivity index (χ3v) is 10.7. The van der Waals surface area contributed by atoms with E-state index < -0.39 is 91.8 Å². The molecule has 2 aromatic rings. The van der Waals surface area contributed by atoms with Crippen LogP contribution in [-0.2, 0) is 19.0 Å². The van der Waals surface area contributed by atoms with Gasteiger partial charge in [0.05, 0.1) is 37.7 Å². The van der Waals surface area contributed by atoms with Gasteiger partial charge in [0, 0.05) is 12.3 Å². The predicted octanol–water partition coefficient (Wildman–Crippen LogP) is 0.265. The molecule has 288 valence electrons. The highest BCUT2D eigenvalue weighted by Crippen LogP contribution is 2.47. The van der Waals surface area contributed by atoms with Gasteiger partial charge in [0.25, 0.3) is 0 Å². The van der Waals surface area contributed by atoms with Gasteiger partial charge in [-0.15, -0.1) is 10.8 Å². The van der Waals surface area contributed by atoms with Crippen molar-refractivity contribution < 1.29 is 64.3 Å². The largest absolute Gasteiger partial charge is 0.394 e. The fourth-order valence-electron chi connectivity index (χ4n) is 7.84. The molecule has 16 heteroatoms. The summed E-state index contributed by atoms with van der Waals surface area (Å²) < 4.78 is 31.0. The molecule has 3 fully saturated rings. The summed E-state index contributed by atoms with van der Waals surface area (Å²) in [4.78, 5) is 16.9. The highest BCUT2D eigenvalue weighted by molar-refractivity contribution is 5.68. The van der Waals surface area contributed by atoms with Crippen LogP contribution < -0.4 is 5.06 Å². The number of nitrogens with zero attached hydrogens (tertiary/aromatic N) is 2. The van der Waals surface area contributed by atoms with Crippen molar-refractivity contribution in [3.8, 4) is 11.8 Å². The Morgan fingerprint density at radius 1 is 0.906 bits per heavy atom. The summed E-state index contributed by atoms with van der Waals surface area (Å²) in [6, 6.07) is 12.2. The molecule has 6 rings (SSSR count). The van der Waals surface area contributed by atoms with E-state index in [0.717, 1.165) is 11.1 Å². The number of halogens is 1. The number of aliphatic hydroxyl groups excluding tert-OH is 7. The molecule has 4 aliphatic rings. The summed E-state index contributed by atoms with van der Waals surface area (Å²) >= 11 is 0. The highest BCUT2D eigenvalue weighted by Gasteiger charge is 2.54. The third-order valence-electron chi connectivity index (χ3n) is 10.7. The van der Waals surface area contributed by atoms with Gasteiger partial charge in [-0.1, -0.05) is 24.1 Å². The molecule has 8 N–H and O–H groups in total. The summed E-state index contributed by atoms with van der Waals surface area (Å²) in [6.45, 7) is 0.369. The third kappa shape index (κ3) is 7.89. The molecule has 53 heavy (non-hydrogen) atoms. The lowest BCUT2D eigenvalue weighted by Gasteiger charge is -2.52. The molecule has 2 aromatic carbocycles. The number of benzene rings is 2. The second-order valence-electron chi connectivity index (χ2n) is 13.9. The van der Waals surface area contributed by atoms with Crippen molar-refractivity contribution in [1.82, 2.24) is 0 Å². The fraction of sp³-hybridized carbons (Fsp3) is 0.568. The van der Waals surface area contributed by atoms with E-state index in [1.807, 2.05) is 6.08 Å². The van der Waals surface area contributed by atoms with Gasteiger partial charge in [-0.2, -0.15) is 0 Å². The predicted molar refractivity (Wildman–Crippen MR) is 184 cm³/mol. The van der Waals surface area contributed by atoms with E-state index >= 15 is 0 Å². The molecule has 14 unspecified atom stereocenters. The van der Waals surface area contributed by atoms with Crippen molar-refractivity contribution in [3.63, 3.8) is 0 Å². The first-order chi connectivity index (χ1) is 25.4. The van der Waals surface area contributed by atoms with Gasteiger partial charge >= 0.3 is 0 Å². The number of hydrogen-bond donors (Lipinski definition) is 8. The van der Waals surface area contributed by atoms with Crippen LogP contribution in [0, 0.1) is 34.4 Å². The summed E-state index contributed by atoms with van der Waals surface area (Å²) in [5, 5.41) is 90.8. The first kappa shape index (κ1) is 39.3. The van der Waals surface area contributed by atoms with E-state index in [4.69, 9.17) is 19.0 Å². The molecule has 3 saturated heterocycles. The smallest absolute Gasteiger partial charge is 0.187 e. The second-order valence-corrected chi connectivity index (χ2v) is 13.9. The van der Waals surface area contributed by atoms with Crippen LogP contribution in [0.5, 0.6) is 0 Å². The summed E-state index contributed by atoms with van der Waals surface area (Å²) in [6.07, 6.45) is -13.2. The molecule has 0 spiro atoms. The summed E-state index contributed by atoms with van der Waals surface area (Å²) in [5.74, 6) is 4.29. The van der Waals surface area contributed by atoms with E-state index in [-0.39, 0.29) is 24.1 Å². The van der Waals surface area contributed by atoms with Crippen molar-refractivity contribution in [2.24, 2.45) is 17.0 Å². The standard InChI is InChI=1S/C37H45FN2O13/c1-2-13-37(48,15-27-30(43)33(46)35(29(17-42)51-27)53-36-34(47)32(45)31(44)28(16-41)52-36)25-14-20(19-3-8-22(39-49)9-4-19)5-12-24(25)26-18-50-40(26)23-10-6-21(38)7-11-23/h3-4,6-11,14,24-36,41-48H,5,12,15-18H2,1H3. The van der Waals surface area contributed by atoms with E-state index in [9.17, 15) is 50.1 Å². The number of allylic oxidation sites excluding steroid dienone is 1. The second kappa shape index (κ2) is 16.5. The van der Waals surface area contributed by atoms with Crippen LogP contribution >= 0.6 is 0 Å². The molecule has 15 nitrogen and oxygen atoms in total. The van der Waals surface area contributed by atoms with Crippen LogP contribution in [0.4, 0.5) is 15.8 Å². The Morgan fingerprint density at radius 2 is 1.58 bits per heavy atom.